The maximum Gasteiger partial charge on any atom is 0.223 e. The average Bonchev–Trinajstić information content (AvgIpc) is 3.17. The number of hydrogen-bond acceptors (Lipinski definition) is 4. The molecule has 1 aliphatic heterocycles. The lowest BCUT2D eigenvalue weighted by Crippen LogP contribution is -2.39. The van der Waals surface area contributed by atoms with Crippen LogP contribution in [0.2, 0.25) is 0 Å². The summed E-state index contributed by atoms with van der Waals surface area (Å²) in [5.74, 6) is 0.420. The Morgan fingerprint density at radius 1 is 1.31 bits per heavy atom. The fraction of sp³-hybridized carbons (Fsp3) is 0.500. The van der Waals surface area contributed by atoms with E-state index >= 15 is 0 Å². The number of hydrogen-bond donors (Lipinski definition) is 1. The molecule has 6 nitrogen and oxygen atoms in total. The minimum atomic E-state index is 0.0728. The molecule has 1 amide bonds. The van der Waals surface area contributed by atoms with E-state index in [1.165, 1.54) is 5.56 Å². The van der Waals surface area contributed by atoms with Crippen molar-refractivity contribution >= 4 is 5.91 Å². The number of rotatable bonds is 8. The van der Waals surface area contributed by atoms with E-state index in [-0.39, 0.29) is 23.9 Å². The number of benzene rings is 1. The highest BCUT2D eigenvalue weighted by molar-refractivity contribution is 5.79. The Labute approximate surface area is 155 Å². The number of aryl methyl sites for hydroxylation is 1. The van der Waals surface area contributed by atoms with Gasteiger partial charge in [0.1, 0.15) is 0 Å². The van der Waals surface area contributed by atoms with Gasteiger partial charge in [-0.3, -0.25) is 9.48 Å². The van der Waals surface area contributed by atoms with Crippen molar-refractivity contribution in [3.8, 4) is 0 Å². The fourth-order valence-electron chi connectivity index (χ4n) is 3.83. The first kappa shape index (κ1) is 18.6. The van der Waals surface area contributed by atoms with Gasteiger partial charge in [0.25, 0.3) is 0 Å². The van der Waals surface area contributed by atoms with Gasteiger partial charge in [0, 0.05) is 57.9 Å². The van der Waals surface area contributed by atoms with E-state index in [0.717, 1.165) is 18.5 Å². The molecule has 0 unspecified atom stereocenters. The molecule has 0 saturated carbocycles. The van der Waals surface area contributed by atoms with Gasteiger partial charge in [-0.05, 0) is 12.0 Å². The number of nitrogens with zero attached hydrogens (tertiary/aromatic N) is 3. The number of ether oxygens (including phenoxy) is 1. The van der Waals surface area contributed by atoms with Gasteiger partial charge in [0.2, 0.25) is 5.91 Å². The zero-order valence-electron chi connectivity index (χ0n) is 15.8. The highest BCUT2D eigenvalue weighted by atomic mass is 16.5. The molecule has 1 aliphatic rings. The number of amides is 1. The van der Waals surface area contributed by atoms with Crippen molar-refractivity contribution < 1.29 is 9.53 Å². The third-order valence-electron chi connectivity index (χ3n) is 5.12. The third-order valence-corrected chi connectivity index (χ3v) is 5.12. The van der Waals surface area contributed by atoms with Crippen molar-refractivity contribution in [2.45, 2.75) is 24.9 Å². The standard InChI is InChI=1S/C20H28N4O2/c1-23-13-17(12-22-23)20-16(10-19(25)24(20)2)11-21-18(14-26-3)9-15-7-5-4-6-8-15/h4-8,12-13,16,18,20-21H,9-11,14H2,1-3H3/t16-,18-,20+/m0/s1. The summed E-state index contributed by atoms with van der Waals surface area (Å²) in [6.07, 6.45) is 5.34. The SMILES string of the molecule is COC[C@H](Cc1ccccc1)NC[C@@H]1CC(=O)N(C)[C@H]1c1cnn(C)c1. The van der Waals surface area contributed by atoms with Crippen LogP contribution in [0.3, 0.4) is 0 Å². The summed E-state index contributed by atoms with van der Waals surface area (Å²) in [6, 6.07) is 10.7. The summed E-state index contributed by atoms with van der Waals surface area (Å²) < 4.78 is 7.19. The quantitative estimate of drug-likeness (QED) is 0.783. The van der Waals surface area contributed by atoms with Crippen LogP contribution in [0, 0.1) is 5.92 Å². The first-order chi connectivity index (χ1) is 12.6. The van der Waals surface area contributed by atoms with Crippen molar-refractivity contribution in [2.24, 2.45) is 13.0 Å². The highest BCUT2D eigenvalue weighted by Gasteiger charge is 2.39. The summed E-state index contributed by atoms with van der Waals surface area (Å²) in [6.45, 7) is 1.42. The molecule has 1 fully saturated rings. The maximum absolute atomic E-state index is 12.3. The number of carbonyl (C=O) groups excluding carboxylic acids is 1. The number of carbonyl (C=O) groups is 1. The number of methoxy groups -OCH3 is 1. The van der Waals surface area contributed by atoms with Gasteiger partial charge in [0.05, 0.1) is 18.8 Å². The van der Waals surface area contributed by atoms with Gasteiger partial charge in [-0.2, -0.15) is 5.10 Å². The lowest BCUT2D eigenvalue weighted by Gasteiger charge is -2.26. The minimum absolute atomic E-state index is 0.0728. The predicted octanol–water partition coefficient (Wildman–Crippen LogP) is 1.79. The second-order valence-corrected chi connectivity index (χ2v) is 7.11. The first-order valence-electron chi connectivity index (χ1n) is 9.09. The van der Waals surface area contributed by atoms with Gasteiger partial charge < -0.3 is 15.0 Å². The van der Waals surface area contributed by atoms with Gasteiger partial charge in [-0.25, -0.2) is 0 Å². The van der Waals surface area contributed by atoms with Gasteiger partial charge in [-0.15, -0.1) is 0 Å². The molecule has 26 heavy (non-hydrogen) atoms. The normalized spacial score (nSPS) is 21.3. The van der Waals surface area contributed by atoms with Crippen molar-refractivity contribution in [1.82, 2.24) is 20.0 Å². The lowest BCUT2D eigenvalue weighted by atomic mass is 9.95. The summed E-state index contributed by atoms with van der Waals surface area (Å²) in [7, 11) is 5.52. The third kappa shape index (κ3) is 4.31. The topological polar surface area (TPSA) is 59.4 Å². The van der Waals surface area contributed by atoms with E-state index in [1.54, 1.807) is 11.8 Å². The number of aromatic nitrogens is 2. The molecule has 1 aromatic heterocycles. The van der Waals surface area contributed by atoms with E-state index < -0.39 is 0 Å². The van der Waals surface area contributed by atoms with Crippen LogP contribution in [-0.4, -0.2) is 53.9 Å². The fourth-order valence-corrected chi connectivity index (χ4v) is 3.83. The number of nitrogens with one attached hydrogen (secondary N) is 1. The average molecular weight is 356 g/mol. The molecule has 1 N–H and O–H groups in total. The van der Waals surface area contributed by atoms with Crippen molar-refractivity contribution in [3.63, 3.8) is 0 Å². The monoisotopic (exact) mass is 356 g/mol. The van der Waals surface area contributed by atoms with Crippen LogP contribution in [0.5, 0.6) is 0 Å². The molecule has 140 valence electrons. The highest BCUT2D eigenvalue weighted by Crippen LogP contribution is 2.36. The van der Waals surface area contributed by atoms with Crippen LogP contribution in [0.25, 0.3) is 0 Å². The molecule has 3 rings (SSSR count). The summed E-state index contributed by atoms with van der Waals surface area (Å²) >= 11 is 0. The molecule has 0 aliphatic carbocycles. The Bertz CT molecular complexity index is 716. The van der Waals surface area contributed by atoms with Gasteiger partial charge >= 0.3 is 0 Å². The number of likely N-dealkylation sites (tertiary alicyclic amines) is 1. The van der Waals surface area contributed by atoms with Crippen LogP contribution < -0.4 is 5.32 Å². The second kappa shape index (κ2) is 8.47. The van der Waals surface area contributed by atoms with Crippen LogP contribution >= 0.6 is 0 Å². The first-order valence-corrected chi connectivity index (χ1v) is 9.09. The van der Waals surface area contributed by atoms with Crippen LogP contribution in [0.4, 0.5) is 0 Å². The Hall–Kier alpha value is -2.18. The van der Waals surface area contributed by atoms with Crippen LogP contribution in [0.15, 0.2) is 42.7 Å². The molecular weight excluding hydrogens is 328 g/mol. The van der Waals surface area contributed by atoms with E-state index in [9.17, 15) is 4.79 Å². The van der Waals surface area contributed by atoms with Gasteiger partial charge in [-0.1, -0.05) is 30.3 Å². The zero-order valence-corrected chi connectivity index (χ0v) is 15.8. The van der Waals surface area contributed by atoms with E-state index in [4.69, 9.17) is 4.74 Å². The Balaban J connectivity index is 1.66. The lowest BCUT2D eigenvalue weighted by molar-refractivity contribution is -0.127. The zero-order chi connectivity index (χ0) is 18.5. The van der Waals surface area contributed by atoms with Crippen molar-refractivity contribution in [2.75, 3.05) is 27.3 Å². The molecule has 0 bridgehead atoms. The molecule has 6 heteroatoms. The van der Waals surface area contributed by atoms with Crippen LogP contribution in [0.1, 0.15) is 23.6 Å². The molecule has 3 atom stereocenters. The van der Waals surface area contributed by atoms with Crippen molar-refractivity contribution in [3.05, 3.63) is 53.9 Å². The molecule has 0 radical (unpaired) electrons. The molecule has 2 aromatic rings. The summed E-state index contributed by atoms with van der Waals surface area (Å²) in [4.78, 5) is 14.1. The van der Waals surface area contributed by atoms with E-state index in [1.807, 2.05) is 37.5 Å². The Kier molecular flexibility index (Phi) is 6.06. The van der Waals surface area contributed by atoms with Gasteiger partial charge in [0.15, 0.2) is 0 Å². The molecule has 0 spiro atoms. The van der Waals surface area contributed by atoms with Crippen molar-refractivity contribution in [1.29, 1.82) is 0 Å². The molecule has 1 saturated heterocycles. The van der Waals surface area contributed by atoms with Crippen LogP contribution in [-0.2, 0) is 23.0 Å². The van der Waals surface area contributed by atoms with E-state index in [2.05, 4.69) is 34.7 Å². The second-order valence-electron chi connectivity index (χ2n) is 7.11. The summed E-state index contributed by atoms with van der Waals surface area (Å²) in [5.41, 5.74) is 2.38. The molecule has 1 aromatic carbocycles. The summed E-state index contributed by atoms with van der Waals surface area (Å²) in [5, 5.41) is 7.90. The minimum Gasteiger partial charge on any atom is -0.383 e. The molecular formula is C20H28N4O2. The maximum atomic E-state index is 12.3. The molecule has 2 heterocycles. The Morgan fingerprint density at radius 2 is 2.08 bits per heavy atom. The predicted molar refractivity (Wildman–Crippen MR) is 101 cm³/mol. The largest absolute Gasteiger partial charge is 0.383 e. The Morgan fingerprint density at radius 3 is 2.73 bits per heavy atom. The smallest absolute Gasteiger partial charge is 0.223 e. The van der Waals surface area contributed by atoms with E-state index in [0.29, 0.717) is 13.0 Å².